The van der Waals surface area contributed by atoms with Gasteiger partial charge in [0, 0.05) is 19.4 Å². The number of aryl methyl sites for hydroxylation is 1. The zero-order chi connectivity index (χ0) is 16.6. The average molecular weight is 326 g/mol. The fourth-order valence-corrected chi connectivity index (χ4v) is 3.14. The summed E-state index contributed by atoms with van der Waals surface area (Å²) in [4.78, 5) is 23.2. The Kier molecular flexibility index (Phi) is 7.04. The predicted molar refractivity (Wildman–Crippen MR) is 83.7 cm³/mol. The Morgan fingerprint density at radius 2 is 1.73 bits per heavy atom. The standard InChI is InChI=1S/C15H22N2O4S/c1-3-11-16-14(18)9-6-10-15(19)17-22(20,21)13-8-5-4-7-12(13)2/h4-5,7-8H,3,6,9-11H2,1-2H3,(H,16,18)(H,17,19). The van der Waals surface area contributed by atoms with Crippen LogP contribution in [0.15, 0.2) is 29.2 Å². The third-order valence-corrected chi connectivity index (χ3v) is 4.54. The lowest BCUT2D eigenvalue weighted by Crippen LogP contribution is -2.31. The molecule has 0 spiro atoms. The van der Waals surface area contributed by atoms with Gasteiger partial charge >= 0.3 is 0 Å². The van der Waals surface area contributed by atoms with Crippen LogP contribution in [0.5, 0.6) is 0 Å². The van der Waals surface area contributed by atoms with Crippen LogP contribution in [0.3, 0.4) is 0 Å². The van der Waals surface area contributed by atoms with E-state index in [0.29, 0.717) is 18.5 Å². The van der Waals surface area contributed by atoms with E-state index in [4.69, 9.17) is 0 Å². The molecule has 0 radical (unpaired) electrons. The largest absolute Gasteiger partial charge is 0.356 e. The van der Waals surface area contributed by atoms with Gasteiger partial charge in [-0.3, -0.25) is 9.59 Å². The van der Waals surface area contributed by atoms with Crippen molar-refractivity contribution in [2.45, 2.75) is 44.4 Å². The first kappa shape index (κ1) is 18.2. The van der Waals surface area contributed by atoms with E-state index in [1.54, 1.807) is 25.1 Å². The molecule has 0 aliphatic heterocycles. The molecule has 0 bridgehead atoms. The number of nitrogens with one attached hydrogen (secondary N) is 2. The summed E-state index contributed by atoms with van der Waals surface area (Å²) in [5, 5.41) is 2.70. The van der Waals surface area contributed by atoms with Crippen molar-refractivity contribution >= 4 is 21.8 Å². The summed E-state index contributed by atoms with van der Waals surface area (Å²) in [5.74, 6) is -0.733. The molecule has 0 atom stereocenters. The van der Waals surface area contributed by atoms with E-state index in [1.165, 1.54) is 6.07 Å². The van der Waals surface area contributed by atoms with Crippen molar-refractivity contribution in [3.05, 3.63) is 29.8 Å². The SMILES string of the molecule is CCCNC(=O)CCCC(=O)NS(=O)(=O)c1ccccc1C. The molecule has 2 amide bonds. The van der Waals surface area contributed by atoms with Gasteiger partial charge in [-0.1, -0.05) is 25.1 Å². The molecule has 0 aliphatic rings. The van der Waals surface area contributed by atoms with Crippen LogP contribution in [-0.2, 0) is 19.6 Å². The highest BCUT2D eigenvalue weighted by Gasteiger charge is 2.19. The Bertz CT molecular complexity index is 626. The third-order valence-electron chi connectivity index (χ3n) is 3.01. The summed E-state index contributed by atoms with van der Waals surface area (Å²) >= 11 is 0. The first-order chi connectivity index (χ1) is 10.4. The molecule has 22 heavy (non-hydrogen) atoms. The van der Waals surface area contributed by atoms with Crippen LogP contribution in [0.2, 0.25) is 0 Å². The van der Waals surface area contributed by atoms with Crippen molar-refractivity contribution in [1.82, 2.24) is 10.0 Å². The number of benzene rings is 1. The monoisotopic (exact) mass is 326 g/mol. The maximum atomic E-state index is 12.1. The summed E-state index contributed by atoms with van der Waals surface area (Å²) in [7, 11) is -3.86. The van der Waals surface area contributed by atoms with Gasteiger partial charge in [0.2, 0.25) is 11.8 Å². The van der Waals surface area contributed by atoms with Crippen LogP contribution in [0.1, 0.15) is 38.2 Å². The van der Waals surface area contributed by atoms with Gasteiger partial charge in [0.15, 0.2) is 0 Å². The van der Waals surface area contributed by atoms with Gasteiger partial charge in [-0.2, -0.15) is 0 Å². The van der Waals surface area contributed by atoms with Gasteiger partial charge < -0.3 is 5.32 Å². The molecule has 0 aromatic heterocycles. The minimum atomic E-state index is -3.86. The minimum Gasteiger partial charge on any atom is -0.356 e. The summed E-state index contributed by atoms with van der Waals surface area (Å²) < 4.78 is 26.2. The van der Waals surface area contributed by atoms with Crippen LogP contribution in [0.4, 0.5) is 0 Å². The first-order valence-corrected chi connectivity index (χ1v) is 8.73. The second-order valence-corrected chi connectivity index (χ2v) is 6.65. The van der Waals surface area contributed by atoms with Gasteiger partial charge in [0.05, 0.1) is 4.90 Å². The molecule has 1 aromatic rings. The average Bonchev–Trinajstić information content (AvgIpc) is 2.44. The zero-order valence-corrected chi connectivity index (χ0v) is 13.7. The highest BCUT2D eigenvalue weighted by Crippen LogP contribution is 2.13. The van der Waals surface area contributed by atoms with Gasteiger partial charge in [-0.25, -0.2) is 13.1 Å². The maximum absolute atomic E-state index is 12.1. The number of hydrogen-bond acceptors (Lipinski definition) is 4. The van der Waals surface area contributed by atoms with E-state index < -0.39 is 15.9 Å². The van der Waals surface area contributed by atoms with E-state index >= 15 is 0 Å². The second-order valence-electron chi connectivity index (χ2n) is 5.00. The maximum Gasteiger partial charge on any atom is 0.264 e. The van der Waals surface area contributed by atoms with Gasteiger partial charge in [0.25, 0.3) is 10.0 Å². The second kappa shape index (κ2) is 8.53. The van der Waals surface area contributed by atoms with Crippen LogP contribution < -0.4 is 10.0 Å². The normalized spacial score (nSPS) is 11.0. The molecular formula is C15H22N2O4S. The van der Waals surface area contributed by atoms with Crippen molar-refractivity contribution in [3.63, 3.8) is 0 Å². The molecule has 122 valence electrons. The summed E-state index contributed by atoms with van der Waals surface area (Å²) in [6.07, 6.45) is 1.36. The minimum absolute atomic E-state index is 0.00927. The van der Waals surface area contributed by atoms with E-state index in [-0.39, 0.29) is 23.6 Å². The predicted octanol–water partition coefficient (Wildman–Crippen LogP) is 1.50. The van der Waals surface area contributed by atoms with E-state index in [0.717, 1.165) is 6.42 Å². The lowest BCUT2D eigenvalue weighted by atomic mass is 10.2. The fraction of sp³-hybridized carbons (Fsp3) is 0.467. The number of hydrogen-bond donors (Lipinski definition) is 2. The molecule has 1 aromatic carbocycles. The van der Waals surface area contributed by atoms with E-state index in [9.17, 15) is 18.0 Å². The van der Waals surface area contributed by atoms with Crippen molar-refractivity contribution in [1.29, 1.82) is 0 Å². The van der Waals surface area contributed by atoms with Crippen molar-refractivity contribution in [3.8, 4) is 0 Å². The fourth-order valence-electron chi connectivity index (χ4n) is 1.88. The number of sulfonamides is 1. The van der Waals surface area contributed by atoms with Crippen LogP contribution >= 0.6 is 0 Å². The molecule has 0 aliphatic carbocycles. The topological polar surface area (TPSA) is 92.3 Å². The third kappa shape index (κ3) is 5.85. The number of rotatable bonds is 8. The highest BCUT2D eigenvalue weighted by atomic mass is 32.2. The summed E-state index contributed by atoms with van der Waals surface area (Å²) in [6.45, 7) is 4.22. The molecule has 0 fully saturated rings. The number of carbonyl (C=O) groups is 2. The van der Waals surface area contributed by atoms with Crippen LogP contribution in [-0.4, -0.2) is 26.8 Å². The molecule has 0 unspecified atom stereocenters. The quantitative estimate of drug-likeness (QED) is 0.757. The van der Waals surface area contributed by atoms with Gasteiger partial charge in [0.1, 0.15) is 0 Å². The Morgan fingerprint density at radius 3 is 2.36 bits per heavy atom. The lowest BCUT2D eigenvalue weighted by molar-refractivity contribution is -0.121. The molecular weight excluding hydrogens is 304 g/mol. The molecule has 2 N–H and O–H groups in total. The molecule has 0 heterocycles. The molecule has 1 rings (SSSR count). The molecule has 6 nitrogen and oxygen atoms in total. The van der Waals surface area contributed by atoms with Gasteiger partial charge in [-0.05, 0) is 31.4 Å². The van der Waals surface area contributed by atoms with Crippen molar-refractivity contribution in [2.75, 3.05) is 6.54 Å². The Hall–Kier alpha value is -1.89. The summed E-state index contributed by atoms with van der Waals surface area (Å²) in [5.41, 5.74) is 0.571. The van der Waals surface area contributed by atoms with Gasteiger partial charge in [-0.15, -0.1) is 0 Å². The summed E-state index contributed by atoms with van der Waals surface area (Å²) in [6, 6.07) is 6.44. The van der Waals surface area contributed by atoms with E-state index in [2.05, 4.69) is 5.32 Å². The molecule has 0 saturated heterocycles. The highest BCUT2D eigenvalue weighted by molar-refractivity contribution is 7.90. The number of amides is 2. The molecule has 7 heteroatoms. The zero-order valence-electron chi connectivity index (χ0n) is 12.9. The molecule has 0 saturated carbocycles. The van der Waals surface area contributed by atoms with E-state index in [1.807, 2.05) is 11.6 Å². The van der Waals surface area contributed by atoms with Crippen molar-refractivity contribution < 1.29 is 18.0 Å². The number of carbonyl (C=O) groups excluding carboxylic acids is 2. The van der Waals surface area contributed by atoms with Crippen LogP contribution in [0.25, 0.3) is 0 Å². The first-order valence-electron chi connectivity index (χ1n) is 7.24. The lowest BCUT2D eigenvalue weighted by Gasteiger charge is -2.09. The Balaban J connectivity index is 2.48. The van der Waals surface area contributed by atoms with Crippen molar-refractivity contribution in [2.24, 2.45) is 0 Å². The Morgan fingerprint density at radius 1 is 1.09 bits per heavy atom. The smallest absolute Gasteiger partial charge is 0.264 e. The Labute approximate surface area is 131 Å². The van der Waals surface area contributed by atoms with Crippen LogP contribution in [0, 0.1) is 6.92 Å².